The third-order valence-electron chi connectivity index (χ3n) is 2.80. The van der Waals surface area contributed by atoms with Crippen molar-refractivity contribution in [1.29, 1.82) is 0 Å². The van der Waals surface area contributed by atoms with E-state index in [-0.39, 0.29) is 5.91 Å². The summed E-state index contributed by atoms with van der Waals surface area (Å²) in [4.78, 5) is 18.1. The summed E-state index contributed by atoms with van der Waals surface area (Å²) >= 11 is 14.8. The molecule has 0 aliphatic carbocycles. The zero-order chi connectivity index (χ0) is 15.7. The highest BCUT2D eigenvalue weighted by Crippen LogP contribution is 2.32. The molecule has 0 aliphatic rings. The van der Waals surface area contributed by atoms with E-state index in [0.717, 1.165) is 9.88 Å². The second-order valence-corrected chi connectivity index (χ2v) is 7.11. The first kappa shape index (κ1) is 15.3. The molecule has 0 unspecified atom stereocenters. The van der Waals surface area contributed by atoms with Crippen LogP contribution in [0.2, 0.25) is 10.0 Å². The number of carbonyl (C=O) groups is 1. The van der Waals surface area contributed by atoms with Crippen molar-refractivity contribution in [3.8, 4) is 9.88 Å². The molecule has 3 rings (SSSR count). The Morgan fingerprint density at radius 3 is 2.64 bits per heavy atom. The van der Waals surface area contributed by atoms with Gasteiger partial charge in [0.25, 0.3) is 5.91 Å². The molecule has 0 bridgehead atoms. The van der Waals surface area contributed by atoms with Crippen molar-refractivity contribution in [1.82, 2.24) is 4.98 Å². The number of thiazole rings is 1. The van der Waals surface area contributed by atoms with E-state index >= 15 is 0 Å². The minimum atomic E-state index is -0.266. The van der Waals surface area contributed by atoms with Crippen molar-refractivity contribution in [3.05, 3.63) is 50.8 Å². The standard InChI is InChI=1S/C14H9Cl2N3OS2/c15-8-4-7(5-9(16)12(8)17)19-13(20)11-6-18-14(22-11)10-2-1-3-21-10/h1-6H,17H2,(H,19,20). The van der Waals surface area contributed by atoms with Gasteiger partial charge in [0.1, 0.15) is 9.88 Å². The first-order valence-electron chi connectivity index (χ1n) is 6.10. The van der Waals surface area contributed by atoms with E-state index in [1.165, 1.54) is 11.3 Å². The van der Waals surface area contributed by atoms with Crippen LogP contribution in [0.3, 0.4) is 0 Å². The molecule has 0 aliphatic heterocycles. The predicted molar refractivity (Wildman–Crippen MR) is 94.3 cm³/mol. The van der Waals surface area contributed by atoms with Gasteiger partial charge in [-0.25, -0.2) is 4.98 Å². The van der Waals surface area contributed by atoms with Crippen LogP contribution in [0.25, 0.3) is 9.88 Å². The molecule has 0 fully saturated rings. The first-order chi connectivity index (χ1) is 10.5. The largest absolute Gasteiger partial charge is 0.396 e. The number of carbonyl (C=O) groups excluding carboxylic acids is 1. The number of halogens is 2. The van der Waals surface area contributed by atoms with Crippen LogP contribution in [0.4, 0.5) is 11.4 Å². The Morgan fingerprint density at radius 2 is 2.00 bits per heavy atom. The van der Waals surface area contributed by atoms with E-state index in [4.69, 9.17) is 28.9 Å². The van der Waals surface area contributed by atoms with Crippen molar-refractivity contribution in [2.45, 2.75) is 0 Å². The molecule has 2 aromatic heterocycles. The molecule has 0 radical (unpaired) electrons. The molecule has 22 heavy (non-hydrogen) atoms. The zero-order valence-electron chi connectivity index (χ0n) is 11.0. The molecular formula is C14H9Cl2N3OS2. The van der Waals surface area contributed by atoms with Crippen LogP contribution in [0.15, 0.2) is 35.8 Å². The highest BCUT2D eigenvalue weighted by atomic mass is 35.5. The highest BCUT2D eigenvalue weighted by Gasteiger charge is 2.14. The molecule has 3 aromatic rings. The zero-order valence-corrected chi connectivity index (χ0v) is 14.1. The molecule has 0 saturated heterocycles. The van der Waals surface area contributed by atoms with Gasteiger partial charge >= 0.3 is 0 Å². The van der Waals surface area contributed by atoms with Crippen LogP contribution in [-0.4, -0.2) is 10.9 Å². The maximum atomic E-state index is 12.2. The second-order valence-electron chi connectivity index (χ2n) is 4.31. The summed E-state index contributed by atoms with van der Waals surface area (Å²) in [5.74, 6) is -0.266. The third-order valence-corrected chi connectivity index (χ3v) is 5.46. The van der Waals surface area contributed by atoms with Crippen molar-refractivity contribution < 1.29 is 4.79 Å². The monoisotopic (exact) mass is 369 g/mol. The summed E-state index contributed by atoms with van der Waals surface area (Å²) in [5.41, 5.74) is 6.44. The van der Waals surface area contributed by atoms with E-state index in [2.05, 4.69) is 10.3 Å². The number of amides is 1. The van der Waals surface area contributed by atoms with Crippen molar-refractivity contribution in [2.24, 2.45) is 0 Å². The fourth-order valence-electron chi connectivity index (χ4n) is 1.74. The number of aromatic nitrogens is 1. The summed E-state index contributed by atoms with van der Waals surface area (Å²) in [6.07, 6.45) is 1.55. The van der Waals surface area contributed by atoms with Gasteiger partial charge < -0.3 is 11.1 Å². The van der Waals surface area contributed by atoms with Crippen LogP contribution in [0.5, 0.6) is 0 Å². The lowest BCUT2D eigenvalue weighted by molar-refractivity contribution is 0.103. The number of benzene rings is 1. The Hall–Kier alpha value is -1.60. The number of rotatable bonds is 3. The second kappa shape index (κ2) is 6.26. The van der Waals surface area contributed by atoms with E-state index in [9.17, 15) is 4.79 Å². The van der Waals surface area contributed by atoms with E-state index in [0.29, 0.717) is 26.3 Å². The average molecular weight is 370 g/mol. The summed E-state index contributed by atoms with van der Waals surface area (Å²) in [6, 6.07) is 7.02. The summed E-state index contributed by atoms with van der Waals surface area (Å²) in [5, 5.41) is 6.11. The van der Waals surface area contributed by atoms with Gasteiger partial charge in [0.05, 0.1) is 26.8 Å². The molecule has 3 N–H and O–H groups in total. The van der Waals surface area contributed by atoms with Gasteiger partial charge in [0, 0.05) is 5.69 Å². The Kier molecular flexibility index (Phi) is 4.35. The SMILES string of the molecule is Nc1c(Cl)cc(NC(=O)c2cnc(-c3cccs3)s2)cc1Cl. The lowest BCUT2D eigenvalue weighted by Gasteiger charge is -2.07. The Morgan fingerprint density at radius 1 is 1.27 bits per heavy atom. The van der Waals surface area contributed by atoms with Crippen LogP contribution in [0, 0.1) is 0 Å². The Labute approximate surface area is 144 Å². The van der Waals surface area contributed by atoms with Gasteiger partial charge in [0.15, 0.2) is 0 Å². The number of nitrogens with two attached hydrogens (primary N) is 1. The molecule has 0 atom stereocenters. The fourth-order valence-corrected chi connectivity index (χ4v) is 3.84. The Bertz CT molecular complexity index is 807. The summed E-state index contributed by atoms with van der Waals surface area (Å²) < 4.78 is 0. The van der Waals surface area contributed by atoms with E-state index < -0.39 is 0 Å². The first-order valence-corrected chi connectivity index (χ1v) is 8.55. The maximum Gasteiger partial charge on any atom is 0.267 e. The smallest absolute Gasteiger partial charge is 0.267 e. The van der Waals surface area contributed by atoms with Gasteiger partial charge in [-0.3, -0.25) is 4.79 Å². The van der Waals surface area contributed by atoms with Crippen molar-refractivity contribution in [3.63, 3.8) is 0 Å². The van der Waals surface area contributed by atoms with E-state index in [1.807, 2.05) is 17.5 Å². The van der Waals surface area contributed by atoms with Crippen LogP contribution in [0.1, 0.15) is 9.67 Å². The molecule has 8 heteroatoms. The van der Waals surface area contributed by atoms with Gasteiger partial charge in [-0.15, -0.1) is 22.7 Å². The van der Waals surface area contributed by atoms with Crippen LogP contribution < -0.4 is 11.1 Å². The molecule has 4 nitrogen and oxygen atoms in total. The number of hydrogen-bond acceptors (Lipinski definition) is 5. The number of nitrogen functional groups attached to an aromatic ring is 1. The van der Waals surface area contributed by atoms with Crippen LogP contribution >= 0.6 is 45.9 Å². The maximum absolute atomic E-state index is 12.2. The van der Waals surface area contributed by atoms with Crippen molar-refractivity contribution in [2.75, 3.05) is 11.1 Å². The third kappa shape index (κ3) is 3.10. The minimum absolute atomic E-state index is 0.266. The quantitative estimate of drug-likeness (QED) is 0.637. The van der Waals surface area contributed by atoms with Gasteiger partial charge in [-0.2, -0.15) is 0 Å². The summed E-state index contributed by atoms with van der Waals surface area (Å²) in [6.45, 7) is 0. The summed E-state index contributed by atoms with van der Waals surface area (Å²) in [7, 11) is 0. The van der Waals surface area contributed by atoms with Crippen molar-refractivity contribution >= 4 is 63.2 Å². The van der Waals surface area contributed by atoms with Gasteiger partial charge in [0.2, 0.25) is 0 Å². The number of anilines is 2. The molecular weight excluding hydrogens is 361 g/mol. The number of nitrogens with zero attached hydrogens (tertiary/aromatic N) is 1. The molecule has 2 heterocycles. The van der Waals surface area contributed by atoms with E-state index in [1.54, 1.807) is 29.7 Å². The fraction of sp³-hybridized carbons (Fsp3) is 0. The topological polar surface area (TPSA) is 68.0 Å². The molecule has 1 amide bonds. The molecule has 0 spiro atoms. The lowest BCUT2D eigenvalue weighted by Crippen LogP contribution is -2.10. The lowest BCUT2D eigenvalue weighted by atomic mass is 10.2. The van der Waals surface area contributed by atoms with Gasteiger partial charge in [-0.1, -0.05) is 29.3 Å². The molecule has 0 saturated carbocycles. The van der Waals surface area contributed by atoms with Crippen LogP contribution in [-0.2, 0) is 0 Å². The molecule has 112 valence electrons. The number of thiophene rings is 1. The average Bonchev–Trinajstić information content (AvgIpc) is 3.15. The Balaban J connectivity index is 1.80. The molecule has 1 aromatic carbocycles. The normalized spacial score (nSPS) is 10.6. The highest BCUT2D eigenvalue weighted by molar-refractivity contribution is 7.22. The predicted octanol–water partition coefficient (Wildman–Crippen LogP) is 5.01. The number of nitrogens with one attached hydrogen (secondary N) is 1. The minimum Gasteiger partial charge on any atom is -0.396 e. The number of hydrogen-bond donors (Lipinski definition) is 2. The van der Waals surface area contributed by atoms with Gasteiger partial charge in [-0.05, 0) is 23.6 Å².